The molecule has 126 valence electrons. The maximum atomic E-state index is 12.0. The zero-order valence-corrected chi connectivity index (χ0v) is 15.0. The second-order valence-corrected chi connectivity index (χ2v) is 8.39. The zero-order chi connectivity index (χ0) is 17.3. The van der Waals surface area contributed by atoms with E-state index in [-0.39, 0.29) is 5.78 Å². The van der Waals surface area contributed by atoms with Gasteiger partial charge in [-0.1, -0.05) is 23.9 Å². The predicted molar refractivity (Wildman–Crippen MR) is 94.7 cm³/mol. The topological polar surface area (TPSA) is 72.5 Å². The summed E-state index contributed by atoms with van der Waals surface area (Å²) in [7, 11) is -1.83. The van der Waals surface area contributed by atoms with Crippen molar-refractivity contribution in [2.45, 2.75) is 22.6 Å². The maximum absolute atomic E-state index is 12.0. The molecule has 0 atom stereocenters. The molecule has 5 nitrogen and oxygen atoms in total. The van der Waals surface area contributed by atoms with Gasteiger partial charge in [0, 0.05) is 16.9 Å². The summed E-state index contributed by atoms with van der Waals surface area (Å²) in [5.74, 6) is 0.789. The van der Waals surface area contributed by atoms with Gasteiger partial charge in [0.25, 0.3) is 0 Å². The molecule has 0 saturated carbocycles. The van der Waals surface area contributed by atoms with Gasteiger partial charge in [0.05, 0.1) is 23.9 Å². The fourth-order valence-electron chi connectivity index (χ4n) is 2.66. The number of carbonyl (C=O) groups excluding carboxylic acids is 1. The Morgan fingerprint density at radius 3 is 2.58 bits per heavy atom. The summed E-state index contributed by atoms with van der Waals surface area (Å²) in [5.41, 5.74) is 2.05. The first kappa shape index (κ1) is 16.9. The van der Waals surface area contributed by atoms with Gasteiger partial charge in [-0.2, -0.15) is 0 Å². The second-order valence-electron chi connectivity index (χ2n) is 5.56. The van der Waals surface area contributed by atoms with E-state index in [4.69, 9.17) is 4.74 Å². The van der Waals surface area contributed by atoms with Crippen molar-refractivity contribution in [1.29, 1.82) is 0 Å². The summed E-state index contributed by atoms with van der Waals surface area (Å²) in [4.78, 5) is 13.5. The Morgan fingerprint density at radius 1 is 1.12 bits per heavy atom. The molecule has 1 aliphatic rings. The monoisotopic (exact) mass is 363 g/mol. The fourth-order valence-corrected chi connectivity index (χ4v) is 4.32. The van der Waals surface area contributed by atoms with Crippen molar-refractivity contribution in [1.82, 2.24) is 0 Å². The molecule has 1 aliphatic carbocycles. The van der Waals surface area contributed by atoms with Crippen molar-refractivity contribution in [2.75, 3.05) is 18.1 Å². The van der Waals surface area contributed by atoms with E-state index in [0.717, 1.165) is 16.7 Å². The Balaban J connectivity index is 2.07. The Kier molecular flexibility index (Phi) is 4.56. The summed E-state index contributed by atoms with van der Waals surface area (Å²) in [6.45, 7) is 0. The number of aryl methyl sites for hydroxylation is 1. The van der Waals surface area contributed by atoms with Crippen LogP contribution in [0.3, 0.4) is 0 Å². The summed E-state index contributed by atoms with van der Waals surface area (Å²) >= 11 is 1.37. The number of hydrogen-bond donors (Lipinski definition) is 1. The standard InChI is InChI=1S/C17H17NO4S2/c1-22-15-5-3-4-6-16(15)23-17-10-12-11(7-8-14(12)19)9-13(17)18-24(2,20)21/h3-6,9-10,18H,7-8H2,1-2H3. The molecular formula is C17H17NO4S2. The largest absolute Gasteiger partial charge is 0.496 e. The van der Waals surface area contributed by atoms with E-state index in [1.807, 2.05) is 24.3 Å². The van der Waals surface area contributed by atoms with E-state index in [1.54, 1.807) is 19.2 Å². The molecule has 0 saturated heterocycles. The van der Waals surface area contributed by atoms with Gasteiger partial charge in [0.2, 0.25) is 10.0 Å². The highest BCUT2D eigenvalue weighted by molar-refractivity contribution is 7.99. The van der Waals surface area contributed by atoms with Crippen LogP contribution in [0.5, 0.6) is 5.75 Å². The number of methoxy groups -OCH3 is 1. The summed E-state index contributed by atoms with van der Waals surface area (Å²) in [5, 5.41) is 0. The number of benzene rings is 2. The Hall–Kier alpha value is -1.99. The number of rotatable bonds is 5. The Labute approximate surface area is 145 Å². The number of carbonyl (C=O) groups is 1. The summed E-state index contributed by atoms with van der Waals surface area (Å²) in [6.07, 6.45) is 2.23. The van der Waals surface area contributed by atoms with Crippen LogP contribution in [0.2, 0.25) is 0 Å². The molecule has 0 aromatic heterocycles. The maximum Gasteiger partial charge on any atom is 0.229 e. The summed E-state index contributed by atoms with van der Waals surface area (Å²) < 4.78 is 31.3. The molecule has 0 radical (unpaired) electrons. The number of fused-ring (bicyclic) bond motifs is 1. The number of anilines is 1. The van der Waals surface area contributed by atoms with Crippen molar-refractivity contribution in [3.63, 3.8) is 0 Å². The second kappa shape index (κ2) is 6.49. The van der Waals surface area contributed by atoms with Gasteiger partial charge in [0.1, 0.15) is 5.75 Å². The van der Waals surface area contributed by atoms with Crippen LogP contribution in [0.25, 0.3) is 0 Å². The lowest BCUT2D eigenvalue weighted by Crippen LogP contribution is -2.11. The average molecular weight is 363 g/mol. The molecule has 2 aromatic carbocycles. The average Bonchev–Trinajstić information content (AvgIpc) is 2.87. The van der Waals surface area contributed by atoms with E-state index in [1.165, 1.54) is 11.8 Å². The third-order valence-electron chi connectivity index (χ3n) is 3.71. The van der Waals surface area contributed by atoms with Crippen LogP contribution < -0.4 is 9.46 Å². The van der Waals surface area contributed by atoms with Gasteiger partial charge in [-0.3, -0.25) is 9.52 Å². The van der Waals surface area contributed by atoms with Gasteiger partial charge in [-0.25, -0.2) is 8.42 Å². The van der Waals surface area contributed by atoms with Crippen LogP contribution in [0.15, 0.2) is 46.2 Å². The number of ketones is 1. The number of ether oxygens (including phenoxy) is 1. The zero-order valence-electron chi connectivity index (χ0n) is 13.3. The third kappa shape index (κ3) is 3.57. The Bertz CT molecular complexity index is 907. The van der Waals surface area contributed by atoms with Crippen LogP contribution >= 0.6 is 11.8 Å². The molecule has 0 bridgehead atoms. The van der Waals surface area contributed by atoms with Crippen molar-refractivity contribution in [3.05, 3.63) is 47.5 Å². The molecule has 0 fully saturated rings. The molecule has 0 unspecified atom stereocenters. The minimum atomic E-state index is -3.42. The SMILES string of the molecule is COc1ccccc1Sc1cc2c(cc1NS(C)(=O)=O)CCC2=O. The quantitative estimate of drug-likeness (QED) is 0.882. The first-order valence-corrected chi connectivity index (χ1v) is 10.1. The van der Waals surface area contributed by atoms with Gasteiger partial charge in [-0.15, -0.1) is 0 Å². The molecular weight excluding hydrogens is 346 g/mol. The van der Waals surface area contributed by atoms with Crippen molar-refractivity contribution < 1.29 is 17.9 Å². The lowest BCUT2D eigenvalue weighted by atomic mass is 10.1. The van der Waals surface area contributed by atoms with E-state index in [0.29, 0.717) is 34.7 Å². The summed E-state index contributed by atoms with van der Waals surface area (Å²) in [6, 6.07) is 11.0. The molecule has 2 aromatic rings. The molecule has 0 heterocycles. The lowest BCUT2D eigenvalue weighted by molar-refractivity contribution is 0.0994. The van der Waals surface area contributed by atoms with E-state index in [9.17, 15) is 13.2 Å². The van der Waals surface area contributed by atoms with Gasteiger partial charge in [-0.05, 0) is 36.2 Å². The van der Waals surface area contributed by atoms with Crippen LogP contribution in [0.1, 0.15) is 22.3 Å². The van der Waals surface area contributed by atoms with Gasteiger partial charge >= 0.3 is 0 Å². The van der Waals surface area contributed by atoms with E-state index in [2.05, 4.69) is 4.72 Å². The minimum absolute atomic E-state index is 0.0952. The first-order valence-electron chi connectivity index (χ1n) is 7.36. The van der Waals surface area contributed by atoms with Crippen molar-refractivity contribution in [3.8, 4) is 5.75 Å². The molecule has 0 aliphatic heterocycles. The third-order valence-corrected chi connectivity index (χ3v) is 5.42. The fraction of sp³-hybridized carbons (Fsp3) is 0.235. The minimum Gasteiger partial charge on any atom is -0.496 e. The molecule has 24 heavy (non-hydrogen) atoms. The molecule has 1 N–H and O–H groups in total. The van der Waals surface area contributed by atoms with Crippen LogP contribution in [-0.4, -0.2) is 27.6 Å². The van der Waals surface area contributed by atoms with Crippen LogP contribution in [0.4, 0.5) is 5.69 Å². The number of nitrogens with one attached hydrogen (secondary N) is 1. The highest BCUT2D eigenvalue weighted by atomic mass is 32.2. The van der Waals surface area contributed by atoms with Crippen molar-refractivity contribution in [2.24, 2.45) is 0 Å². The number of hydrogen-bond acceptors (Lipinski definition) is 5. The normalized spacial score (nSPS) is 13.7. The molecule has 0 spiro atoms. The number of Topliss-reactive ketones (excluding diaryl/α,β-unsaturated/α-hetero) is 1. The molecule has 3 rings (SSSR count). The molecule has 0 amide bonds. The first-order chi connectivity index (χ1) is 11.4. The number of para-hydroxylation sites is 1. The molecule has 7 heteroatoms. The Morgan fingerprint density at radius 2 is 1.88 bits per heavy atom. The highest BCUT2D eigenvalue weighted by Gasteiger charge is 2.23. The van der Waals surface area contributed by atoms with Crippen LogP contribution in [0, 0.1) is 0 Å². The predicted octanol–water partition coefficient (Wildman–Crippen LogP) is 3.35. The van der Waals surface area contributed by atoms with Gasteiger partial charge in [0.15, 0.2) is 5.78 Å². The smallest absolute Gasteiger partial charge is 0.229 e. The van der Waals surface area contributed by atoms with E-state index >= 15 is 0 Å². The van der Waals surface area contributed by atoms with Crippen LogP contribution in [-0.2, 0) is 16.4 Å². The number of sulfonamides is 1. The van der Waals surface area contributed by atoms with Crippen molar-refractivity contribution >= 4 is 33.3 Å². The van der Waals surface area contributed by atoms with E-state index < -0.39 is 10.0 Å². The lowest BCUT2D eigenvalue weighted by Gasteiger charge is -2.14. The van der Waals surface area contributed by atoms with Gasteiger partial charge < -0.3 is 4.74 Å². The highest BCUT2D eigenvalue weighted by Crippen LogP contribution is 2.41.